The molecule has 1 fully saturated rings. The van der Waals surface area contributed by atoms with Gasteiger partial charge in [-0.1, -0.05) is 42.5 Å². The molecule has 5 rings (SSSR count). The van der Waals surface area contributed by atoms with Crippen molar-refractivity contribution in [2.75, 3.05) is 26.3 Å². The number of ether oxygens (including phenoxy) is 1. The summed E-state index contributed by atoms with van der Waals surface area (Å²) in [4.78, 5) is 14.8. The van der Waals surface area contributed by atoms with Gasteiger partial charge in [0, 0.05) is 30.8 Å². The molecule has 2 aliphatic rings. The number of nitrogens with zero attached hydrogens (tertiary/aromatic N) is 2. The first-order chi connectivity index (χ1) is 14.8. The third-order valence-corrected chi connectivity index (χ3v) is 6.01. The molecule has 1 N–H and O–H groups in total. The zero-order chi connectivity index (χ0) is 20.3. The highest BCUT2D eigenvalue weighted by molar-refractivity contribution is 6.03. The van der Waals surface area contributed by atoms with E-state index < -0.39 is 0 Å². The van der Waals surface area contributed by atoms with E-state index in [0.29, 0.717) is 5.56 Å². The number of carbonyl (C=O) groups is 1. The summed E-state index contributed by atoms with van der Waals surface area (Å²) in [6.45, 7) is 4.37. The van der Waals surface area contributed by atoms with Crippen LogP contribution in [-0.2, 0) is 24.1 Å². The number of nitrogens with one attached hydrogen (secondary N) is 1. The van der Waals surface area contributed by atoms with E-state index in [1.165, 1.54) is 27.5 Å². The molecule has 0 saturated carbocycles. The van der Waals surface area contributed by atoms with Crippen LogP contribution in [0.1, 0.15) is 32.6 Å². The molecular formula is C25H25N3O2. The second kappa shape index (κ2) is 8.38. The van der Waals surface area contributed by atoms with E-state index in [9.17, 15) is 4.79 Å². The van der Waals surface area contributed by atoms with Crippen LogP contribution >= 0.6 is 0 Å². The lowest BCUT2D eigenvalue weighted by atomic mass is 10.0. The molecule has 0 spiro atoms. The van der Waals surface area contributed by atoms with Crippen LogP contribution in [0.5, 0.6) is 0 Å². The molecular weight excluding hydrogens is 374 g/mol. The summed E-state index contributed by atoms with van der Waals surface area (Å²) in [7, 11) is 0. The molecule has 30 heavy (non-hydrogen) atoms. The average Bonchev–Trinajstić information content (AvgIpc) is 3.21. The van der Waals surface area contributed by atoms with Gasteiger partial charge in [0.2, 0.25) is 0 Å². The van der Waals surface area contributed by atoms with Gasteiger partial charge in [-0.25, -0.2) is 5.43 Å². The Kier molecular flexibility index (Phi) is 5.30. The van der Waals surface area contributed by atoms with Crippen LogP contribution < -0.4 is 5.43 Å². The summed E-state index contributed by atoms with van der Waals surface area (Å²) in [5.41, 5.74) is 8.30. The van der Waals surface area contributed by atoms with Crippen molar-refractivity contribution in [2.45, 2.75) is 19.4 Å². The molecule has 0 aromatic heterocycles. The fourth-order valence-corrected chi connectivity index (χ4v) is 4.39. The maximum atomic E-state index is 12.5. The molecule has 152 valence electrons. The highest BCUT2D eigenvalue weighted by atomic mass is 16.5. The number of hydrogen-bond acceptors (Lipinski definition) is 4. The Balaban J connectivity index is 1.24. The van der Waals surface area contributed by atoms with Gasteiger partial charge >= 0.3 is 0 Å². The first-order valence-electron chi connectivity index (χ1n) is 10.5. The number of morpholine rings is 1. The van der Waals surface area contributed by atoms with Crippen LogP contribution in [0.15, 0.2) is 59.7 Å². The summed E-state index contributed by atoms with van der Waals surface area (Å²) in [6.07, 6.45) is 3.95. The third-order valence-electron chi connectivity index (χ3n) is 6.01. The molecule has 5 heteroatoms. The molecule has 1 saturated heterocycles. The number of aryl methyl sites for hydroxylation is 2. The van der Waals surface area contributed by atoms with Gasteiger partial charge < -0.3 is 4.74 Å². The Bertz CT molecular complexity index is 1090. The lowest BCUT2D eigenvalue weighted by Crippen LogP contribution is -2.35. The van der Waals surface area contributed by atoms with Gasteiger partial charge in [0.05, 0.1) is 19.4 Å². The normalized spacial score (nSPS) is 16.4. The SMILES string of the molecule is O=C(NN=Cc1ccc2c3c(cccc13)CC2)c1ccc(CN2CCOCC2)cc1. The van der Waals surface area contributed by atoms with Crippen LogP contribution in [-0.4, -0.2) is 43.3 Å². The van der Waals surface area contributed by atoms with Gasteiger partial charge in [-0.15, -0.1) is 0 Å². The maximum Gasteiger partial charge on any atom is 0.271 e. The van der Waals surface area contributed by atoms with Gasteiger partial charge in [-0.3, -0.25) is 9.69 Å². The van der Waals surface area contributed by atoms with Crippen molar-refractivity contribution in [3.63, 3.8) is 0 Å². The van der Waals surface area contributed by atoms with E-state index in [2.05, 4.69) is 45.8 Å². The molecule has 1 aliphatic heterocycles. The number of hydrogen-bond donors (Lipinski definition) is 1. The highest BCUT2D eigenvalue weighted by Gasteiger charge is 2.15. The van der Waals surface area contributed by atoms with Crippen LogP contribution in [0.3, 0.4) is 0 Å². The molecule has 0 bridgehead atoms. The minimum absolute atomic E-state index is 0.199. The minimum Gasteiger partial charge on any atom is -0.379 e. The Labute approximate surface area is 176 Å². The molecule has 5 nitrogen and oxygen atoms in total. The lowest BCUT2D eigenvalue weighted by molar-refractivity contribution is 0.0342. The van der Waals surface area contributed by atoms with E-state index in [1.807, 2.05) is 24.3 Å². The minimum atomic E-state index is -0.199. The van der Waals surface area contributed by atoms with E-state index in [0.717, 1.165) is 51.3 Å². The van der Waals surface area contributed by atoms with E-state index in [1.54, 1.807) is 6.21 Å². The standard InChI is InChI=1S/C25H25N3O2/c29-25(21-6-4-18(5-7-21)17-28-12-14-30-15-13-28)27-26-16-22-11-10-20-9-8-19-2-1-3-23(22)24(19)20/h1-7,10-11,16H,8-9,12-15,17H2,(H,27,29). The van der Waals surface area contributed by atoms with E-state index in [4.69, 9.17) is 4.74 Å². The van der Waals surface area contributed by atoms with Crippen molar-refractivity contribution in [3.8, 4) is 0 Å². The van der Waals surface area contributed by atoms with Gasteiger partial charge in [-0.05, 0) is 52.4 Å². The lowest BCUT2D eigenvalue weighted by Gasteiger charge is -2.26. The van der Waals surface area contributed by atoms with Crippen molar-refractivity contribution in [1.29, 1.82) is 0 Å². The van der Waals surface area contributed by atoms with E-state index >= 15 is 0 Å². The molecule has 1 amide bonds. The zero-order valence-corrected chi connectivity index (χ0v) is 16.9. The molecule has 1 heterocycles. The maximum absolute atomic E-state index is 12.5. The number of hydrazone groups is 1. The average molecular weight is 399 g/mol. The molecule has 1 aliphatic carbocycles. The Hall–Kier alpha value is -3.02. The first kappa shape index (κ1) is 19.0. The van der Waals surface area contributed by atoms with Crippen molar-refractivity contribution in [2.24, 2.45) is 5.10 Å². The summed E-state index contributed by atoms with van der Waals surface area (Å²) >= 11 is 0. The second-order valence-electron chi connectivity index (χ2n) is 7.94. The predicted octanol–water partition coefficient (Wildman–Crippen LogP) is 3.53. The van der Waals surface area contributed by atoms with Crippen molar-refractivity contribution in [1.82, 2.24) is 10.3 Å². The number of rotatable bonds is 5. The number of amides is 1. The Morgan fingerprint density at radius 2 is 1.77 bits per heavy atom. The smallest absolute Gasteiger partial charge is 0.271 e. The quantitative estimate of drug-likeness (QED) is 0.527. The number of benzene rings is 3. The first-order valence-corrected chi connectivity index (χ1v) is 10.5. The summed E-state index contributed by atoms with van der Waals surface area (Å²) in [6, 6.07) is 18.4. The van der Waals surface area contributed by atoms with Gasteiger partial charge in [0.25, 0.3) is 5.91 Å². The fraction of sp³-hybridized carbons (Fsp3) is 0.280. The van der Waals surface area contributed by atoms with E-state index in [-0.39, 0.29) is 5.91 Å². The van der Waals surface area contributed by atoms with Gasteiger partial charge in [0.15, 0.2) is 0 Å². The Morgan fingerprint density at radius 1 is 1.00 bits per heavy atom. The van der Waals surface area contributed by atoms with Crippen molar-refractivity contribution >= 4 is 22.9 Å². The summed E-state index contributed by atoms with van der Waals surface area (Å²) < 4.78 is 5.39. The van der Waals surface area contributed by atoms with Gasteiger partial charge in [-0.2, -0.15) is 5.10 Å². The predicted molar refractivity (Wildman–Crippen MR) is 119 cm³/mol. The molecule has 0 unspecified atom stereocenters. The van der Waals surface area contributed by atoms with Crippen molar-refractivity contribution in [3.05, 3.63) is 82.4 Å². The second-order valence-corrected chi connectivity index (χ2v) is 7.94. The van der Waals surface area contributed by atoms with Crippen LogP contribution in [0, 0.1) is 0 Å². The van der Waals surface area contributed by atoms with Crippen LogP contribution in [0.4, 0.5) is 0 Å². The topological polar surface area (TPSA) is 53.9 Å². The van der Waals surface area contributed by atoms with Crippen LogP contribution in [0.2, 0.25) is 0 Å². The molecule has 3 aromatic carbocycles. The largest absolute Gasteiger partial charge is 0.379 e. The number of carbonyl (C=O) groups excluding carboxylic acids is 1. The van der Waals surface area contributed by atoms with Gasteiger partial charge in [0.1, 0.15) is 0 Å². The van der Waals surface area contributed by atoms with Crippen LogP contribution in [0.25, 0.3) is 10.8 Å². The van der Waals surface area contributed by atoms with Crippen molar-refractivity contribution < 1.29 is 9.53 Å². The molecule has 0 atom stereocenters. The summed E-state index contributed by atoms with van der Waals surface area (Å²) in [5.74, 6) is -0.199. The summed E-state index contributed by atoms with van der Waals surface area (Å²) in [5, 5.41) is 6.77. The zero-order valence-electron chi connectivity index (χ0n) is 16.9. The monoisotopic (exact) mass is 399 g/mol. The fourth-order valence-electron chi connectivity index (χ4n) is 4.39. The highest BCUT2D eigenvalue weighted by Crippen LogP contribution is 2.32. The molecule has 3 aromatic rings. The Morgan fingerprint density at radius 3 is 2.57 bits per heavy atom. The third kappa shape index (κ3) is 3.86. The molecule has 0 radical (unpaired) electrons.